The number of rotatable bonds is 2. The van der Waals surface area contributed by atoms with Gasteiger partial charge in [-0.15, -0.1) is 0 Å². The van der Waals surface area contributed by atoms with Crippen molar-refractivity contribution in [2.24, 2.45) is 0 Å². The molecule has 7 heteroatoms. The SMILES string of the molecule is Nc1cc(C(F)F)nc(C(=O)Cl)c1Cl. The maximum absolute atomic E-state index is 12.2. The topological polar surface area (TPSA) is 56.0 Å². The smallest absolute Gasteiger partial charge is 0.280 e. The third-order valence-electron chi connectivity index (χ3n) is 1.42. The molecule has 0 bridgehead atoms. The van der Waals surface area contributed by atoms with Crippen molar-refractivity contribution < 1.29 is 13.6 Å². The Bertz CT molecular complexity index is 384. The van der Waals surface area contributed by atoms with Crippen molar-refractivity contribution in [3.8, 4) is 0 Å². The molecule has 0 fully saturated rings. The fraction of sp³-hybridized carbons (Fsp3) is 0.143. The van der Waals surface area contributed by atoms with E-state index in [4.69, 9.17) is 28.9 Å². The summed E-state index contributed by atoms with van der Waals surface area (Å²) in [6, 6.07) is 0.899. The number of nitrogen functional groups attached to an aromatic ring is 1. The number of nitrogens with zero attached hydrogens (tertiary/aromatic N) is 1. The molecule has 1 aromatic rings. The molecule has 14 heavy (non-hydrogen) atoms. The highest BCUT2D eigenvalue weighted by atomic mass is 35.5. The predicted octanol–water partition coefficient (Wildman–Crippen LogP) is 2.63. The average Bonchev–Trinajstić information content (AvgIpc) is 2.08. The molecule has 1 heterocycles. The van der Waals surface area contributed by atoms with E-state index >= 15 is 0 Å². The molecular weight excluding hydrogens is 237 g/mol. The van der Waals surface area contributed by atoms with Crippen LogP contribution < -0.4 is 5.73 Å². The molecule has 1 rings (SSSR count). The van der Waals surface area contributed by atoms with Gasteiger partial charge in [0.25, 0.3) is 11.7 Å². The molecule has 76 valence electrons. The summed E-state index contributed by atoms with van der Waals surface area (Å²) in [5, 5.41) is -1.24. The summed E-state index contributed by atoms with van der Waals surface area (Å²) >= 11 is 10.6. The third-order valence-corrected chi connectivity index (χ3v) is 1.99. The molecule has 3 nitrogen and oxygen atoms in total. The van der Waals surface area contributed by atoms with Gasteiger partial charge < -0.3 is 5.73 Å². The van der Waals surface area contributed by atoms with Crippen LogP contribution in [0.2, 0.25) is 5.02 Å². The molecule has 0 radical (unpaired) electrons. The summed E-state index contributed by atoms with van der Waals surface area (Å²) in [6.07, 6.45) is -2.83. The van der Waals surface area contributed by atoms with Gasteiger partial charge in [-0.25, -0.2) is 13.8 Å². The van der Waals surface area contributed by atoms with Crippen molar-refractivity contribution in [2.45, 2.75) is 6.43 Å². The van der Waals surface area contributed by atoms with Gasteiger partial charge in [0.15, 0.2) is 0 Å². The second-order valence-electron chi connectivity index (χ2n) is 2.37. The second kappa shape index (κ2) is 4.06. The van der Waals surface area contributed by atoms with Crippen molar-refractivity contribution in [2.75, 3.05) is 5.73 Å². The number of anilines is 1. The minimum atomic E-state index is -2.83. The van der Waals surface area contributed by atoms with Crippen LogP contribution in [0.3, 0.4) is 0 Å². The first-order valence-corrected chi connectivity index (χ1v) is 4.13. The number of nitrogens with two attached hydrogens (primary N) is 1. The van der Waals surface area contributed by atoms with Crippen molar-refractivity contribution >= 4 is 34.1 Å². The molecule has 0 aliphatic carbocycles. The molecule has 2 N–H and O–H groups in total. The van der Waals surface area contributed by atoms with Crippen molar-refractivity contribution in [1.29, 1.82) is 0 Å². The van der Waals surface area contributed by atoms with Gasteiger partial charge in [-0.05, 0) is 17.7 Å². The van der Waals surface area contributed by atoms with Crippen molar-refractivity contribution in [3.63, 3.8) is 0 Å². The molecule has 0 aliphatic rings. The van der Waals surface area contributed by atoms with Crippen LogP contribution in [0.25, 0.3) is 0 Å². The summed E-state index contributed by atoms with van der Waals surface area (Å²) in [6.45, 7) is 0. The molecule has 0 spiro atoms. The van der Waals surface area contributed by atoms with Gasteiger partial charge in [0.1, 0.15) is 11.4 Å². The maximum atomic E-state index is 12.2. The second-order valence-corrected chi connectivity index (χ2v) is 3.09. The van der Waals surface area contributed by atoms with E-state index in [1.54, 1.807) is 0 Å². The van der Waals surface area contributed by atoms with Gasteiger partial charge in [0.05, 0.1) is 10.7 Å². The highest BCUT2D eigenvalue weighted by molar-refractivity contribution is 6.68. The van der Waals surface area contributed by atoms with Gasteiger partial charge in [0, 0.05) is 0 Å². The van der Waals surface area contributed by atoms with Crippen LogP contribution in [0.4, 0.5) is 14.5 Å². The monoisotopic (exact) mass is 240 g/mol. The van der Waals surface area contributed by atoms with E-state index in [1.807, 2.05) is 0 Å². The first-order chi connectivity index (χ1) is 6.43. The number of halogens is 4. The Morgan fingerprint density at radius 1 is 1.57 bits per heavy atom. The van der Waals surface area contributed by atoms with Crippen LogP contribution >= 0.6 is 23.2 Å². The summed E-state index contributed by atoms with van der Waals surface area (Å²) in [4.78, 5) is 14.0. The van der Waals surface area contributed by atoms with Crippen LogP contribution in [0.1, 0.15) is 22.6 Å². The summed E-state index contributed by atoms with van der Waals surface area (Å²) < 4.78 is 24.4. The zero-order valence-electron chi connectivity index (χ0n) is 6.60. The summed E-state index contributed by atoms with van der Waals surface area (Å²) in [7, 11) is 0. The standard InChI is InChI=1S/C7H4Cl2F2N2O/c8-4-2(12)1-3(7(10)11)13-5(4)6(9)14/h1,7H,(H2,12,13). The summed E-state index contributed by atoms with van der Waals surface area (Å²) in [5.74, 6) is 0. The van der Waals surface area contributed by atoms with Gasteiger partial charge in [0.2, 0.25) is 0 Å². The van der Waals surface area contributed by atoms with E-state index < -0.39 is 23.1 Å². The van der Waals surface area contributed by atoms with Crippen LogP contribution in [0.15, 0.2) is 6.07 Å². The first-order valence-electron chi connectivity index (χ1n) is 3.37. The largest absolute Gasteiger partial charge is 0.397 e. The number of hydrogen-bond acceptors (Lipinski definition) is 3. The van der Waals surface area contributed by atoms with Gasteiger partial charge >= 0.3 is 0 Å². The predicted molar refractivity (Wildman–Crippen MR) is 48.8 cm³/mol. The molecule has 0 amide bonds. The van der Waals surface area contributed by atoms with E-state index in [9.17, 15) is 13.6 Å². The van der Waals surface area contributed by atoms with Crippen LogP contribution in [0, 0.1) is 0 Å². The van der Waals surface area contributed by atoms with Crippen LogP contribution in [0.5, 0.6) is 0 Å². The molecule has 0 aliphatic heterocycles. The van der Waals surface area contributed by atoms with E-state index in [1.165, 1.54) is 0 Å². The van der Waals surface area contributed by atoms with Crippen LogP contribution in [-0.4, -0.2) is 10.2 Å². The average molecular weight is 241 g/mol. The van der Waals surface area contributed by atoms with Crippen molar-refractivity contribution in [1.82, 2.24) is 4.98 Å². The lowest BCUT2D eigenvalue weighted by Gasteiger charge is -2.05. The molecule has 0 aromatic carbocycles. The number of carbonyl (C=O) groups is 1. The first kappa shape index (κ1) is 11.1. The number of aromatic nitrogens is 1. The fourth-order valence-corrected chi connectivity index (χ4v) is 1.18. The van der Waals surface area contributed by atoms with E-state index in [2.05, 4.69) is 4.98 Å². The Kier molecular flexibility index (Phi) is 3.23. The lowest BCUT2D eigenvalue weighted by atomic mass is 10.2. The minimum absolute atomic E-state index is 0.152. The molecule has 0 unspecified atom stereocenters. The number of hydrogen-bond donors (Lipinski definition) is 1. The Morgan fingerprint density at radius 3 is 2.57 bits per heavy atom. The quantitative estimate of drug-likeness (QED) is 0.809. The Hall–Kier alpha value is -0.940. The molecule has 1 aromatic heterocycles. The molecule has 0 atom stereocenters. The highest BCUT2D eigenvalue weighted by Crippen LogP contribution is 2.28. The van der Waals surface area contributed by atoms with Crippen molar-refractivity contribution in [3.05, 3.63) is 22.5 Å². The lowest BCUT2D eigenvalue weighted by molar-refractivity contribution is 0.107. The number of alkyl halides is 2. The zero-order chi connectivity index (χ0) is 10.9. The number of carbonyl (C=O) groups excluding carboxylic acids is 1. The van der Waals surface area contributed by atoms with Crippen LogP contribution in [-0.2, 0) is 0 Å². The van der Waals surface area contributed by atoms with E-state index in [-0.39, 0.29) is 10.7 Å². The Balaban J connectivity index is 3.35. The normalized spacial score (nSPS) is 10.6. The summed E-state index contributed by atoms with van der Waals surface area (Å²) in [5.41, 5.74) is 4.05. The molecule has 0 saturated heterocycles. The van der Waals surface area contributed by atoms with Gasteiger partial charge in [-0.3, -0.25) is 4.79 Å². The van der Waals surface area contributed by atoms with E-state index in [0.717, 1.165) is 6.07 Å². The highest BCUT2D eigenvalue weighted by Gasteiger charge is 2.18. The van der Waals surface area contributed by atoms with E-state index in [0.29, 0.717) is 0 Å². The maximum Gasteiger partial charge on any atom is 0.280 e. The number of pyridine rings is 1. The molecule has 0 saturated carbocycles. The van der Waals surface area contributed by atoms with Gasteiger partial charge in [-0.1, -0.05) is 11.6 Å². The fourth-order valence-electron chi connectivity index (χ4n) is 0.812. The lowest BCUT2D eigenvalue weighted by Crippen LogP contribution is -2.03. The molecular formula is C7H4Cl2F2N2O. The zero-order valence-corrected chi connectivity index (χ0v) is 8.11. The third kappa shape index (κ3) is 2.10. The minimum Gasteiger partial charge on any atom is -0.397 e. The van der Waals surface area contributed by atoms with Gasteiger partial charge in [-0.2, -0.15) is 0 Å². The Morgan fingerprint density at radius 2 is 2.14 bits per heavy atom. The Labute approximate surface area is 87.8 Å².